The van der Waals surface area contributed by atoms with Crippen molar-refractivity contribution in [2.45, 2.75) is 32.0 Å². The van der Waals surface area contributed by atoms with Gasteiger partial charge < -0.3 is 10.1 Å². The van der Waals surface area contributed by atoms with Gasteiger partial charge in [0.05, 0.1) is 6.20 Å². The lowest BCUT2D eigenvalue weighted by atomic mass is 9.99. The van der Waals surface area contributed by atoms with Crippen molar-refractivity contribution in [3.63, 3.8) is 0 Å². The van der Waals surface area contributed by atoms with Crippen LogP contribution in [0.15, 0.2) is 67.0 Å². The first-order chi connectivity index (χ1) is 14.3. The Kier molecular flexibility index (Phi) is 5.29. The van der Waals surface area contributed by atoms with E-state index in [9.17, 15) is 0 Å². The predicted octanol–water partition coefficient (Wildman–Crippen LogP) is 4.05. The van der Waals surface area contributed by atoms with Gasteiger partial charge in [0.25, 0.3) is 0 Å². The Labute approximate surface area is 172 Å². The minimum atomic E-state index is 0.483. The Balaban J connectivity index is 1.27. The standard InChI is InChI=1S/C25H27N3O/c1-2-6-22-17-28(11-9-20(22)5-1)16-19-4-3-7-21(12-19)23-13-25(15-26-14-23)29-18-24-8-10-27-24/h1-7,12-15,24,27H,8-11,16-18H2/t24-/m0/s1. The summed E-state index contributed by atoms with van der Waals surface area (Å²) in [7, 11) is 0. The summed E-state index contributed by atoms with van der Waals surface area (Å²) in [6, 6.07) is 20.2. The van der Waals surface area contributed by atoms with Crippen LogP contribution in [0.1, 0.15) is 23.1 Å². The van der Waals surface area contributed by atoms with E-state index in [1.165, 1.54) is 28.7 Å². The second kappa shape index (κ2) is 8.36. The molecule has 2 aliphatic heterocycles. The van der Waals surface area contributed by atoms with Crippen LogP contribution in [-0.4, -0.2) is 35.6 Å². The lowest BCUT2D eigenvalue weighted by Crippen LogP contribution is -2.46. The predicted molar refractivity (Wildman–Crippen MR) is 116 cm³/mol. The molecule has 1 aromatic heterocycles. The number of hydrogen-bond acceptors (Lipinski definition) is 4. The maximum Gasteiger partial charge on any atom is 0.138 e. The number of benzene rings is 2. The smallest absolute Gasteiger partial charge is 0.138 e. The van der Waals surface area contributed by atoms with Crippen LogP contribution in [-0.2, 0) is 19.5 Å². The Bertz CT molecular complexity index is 983. The molecule has 0 aliphatic carbocycles. The van der Waals surface area contributed by atoms with Crippen LogP contribution in [0.5, 0.6) is 5.75 Å². The summed E-state index contributed by atoms with van der Waals surface area (Å²) in [6.07, 6.45) is 6.05. The summed E-state index contributed by atoms with van der Waals surface area (Å²) >= 11 is 0. The van der Waals surface area contributed by atoms with Gasteiger partial charge in [0.1, 0.15) is 12.4 Å². The summed E-state index contributed by atoms with van der Waals surface area (Å²) in [5.41, 5.74) is 6.60. The van der Waals surface area contributed by atoms with Crippen LogP contribution in [0.4, 0.5) is 0 Å². The van der Waals surface area contributed by atoms with Gasteiger partial charge in [-0.15, -0.1) is 0 Å². The van der Waals surface area contributed by atoms with Crippen molar-refractivity contribution in [3.8, 4) is 16.9 Å². The first kappa shape index (κ1) is 18.3. The fraction of sp³-hybridized carbons (Fsp3) is 0.320. The summed E-state index contributed by atoms with van der Waals surface area (Å²) in [4.78, 5) is 6.93. The Hall–Kier alpha value is -2.69. The van der Waals surface area contributed by atoms with Crippen LogP contribution in [0.2, 0.25) is 0 Å². The number of nitrogens with zero attached hydrogens (tertiary/aromatic N) is 2. The fourth-order valence-corrected chi connectivity index (χ4v) is 4.14. The molecule has 0 amide bonds. The van der Waals surface area contributed by atoms with E-state index in [1.807, 2.05) is 6.20 Å². The molecule has 1 saturated heterocycles. The molecule has 29 heavy (non-hydrogen) atoms. The van der Waals surface area contributed by atoms with E-state index in [0.29, 0.717) is 12.6 Å². The highest BCUT2D eigenvalue weighted by atomic mass is 16.5. The fourth-order valence-electron chi connectivity index (χ4n) is 4.14. The van der Waals surface area contributed by atoms with Crippen molar-refractivity contribution >= 4 is 0 Å². The highest BCUT2D eigenvalue weighted by molar-refractivity contribution is 5.64. The molecule has 1 fully saturated rings. The van der Waals surface area contributed by atoms with E-state index in [0.717, 1.165) is 43.9 Å². The lowest BCUT2D eigenvalue weighted by Gasteiger charge is -2.28. The maximum absolute atomic E-state index is 5.92. The van der Waals surface area contributed by atoms with Gasteiger partial charge in [0.2, 0.25) is 0 Å². The zero-order valence-corrected chi connectivity index (χ0v) is 16.7. The van der Waals surface area contributed by atoms with Crippen molar-refractivity contribution in [3.05, 3.63) is 83.7 Å². The van der Waals surface area contributed by atoms with E-state index in [-0.39, 0.29) is 0 Å². The Morgan fingerprint density at radius 1 is 1.00 bits per heavy atom. The van der Waals surface area contributed by atoms with E-state index in [1.54, 1.807) is 6.20 Å². The lowest BCUT2D eigenvalue weighted by molar-refractivity contribution is 0.217. The third-order valence-electron chi connectivity index (χ3n) is 5.97. The number of pyridine rings is 1. The van der Waals surface area contributed by atoms with Crippen molar-refractivity contribution < 1.29 is 4.74 Å². The zero-order chi connectivity index (χ0) is 19.5. The van der Waals surface area contributed by atoms with Crippen LogP contribution in [0, 0.1) is 0 Å². The van der Waals surface area contributed by atoms with E-state index >= 15 is 0 Å². The van der Waals surface area contributed by atoms with Gasteiger partial charge in [-0.25, -0.2) is 0 Å². The zero-order valence-electron chi connectivity index (χ0n) is 16.7. The molecule has 2 aliphatic rings. The van der Waals surface area contributed by atoms with Gasteiger partial charge in [-0.3, -0.25) is 9.88 Å². The number of hydrogen-bond donors (Lipinski definition) is 1. The van der Waals surface area contributed by atoms with Gasteiger partial charge >= 0.3 is 0 Å². The van der Waals surface area contributed by atoms with Crippen molar-refractivity contribution in [2.24, 2.45) is 0 Å². The average molecular weight is 386 g/mol. The van der Waals surface area contributed by atoms with Crippen LogP contribution in [0.25, 0.3) is 11.1 Å². The first-order valence-corrected chi connectivity index (χ1v) is 10.5. The van der Waals surface area contributed by atoms with Crippen molar-refractivity contribution in [1.29, 1.82) is 0 Å². The highest BCUT2D eigenvalue weighted by Gasteiger charge is 2.17. The minimum Gasteiger partial charge on any atom is -0.490 e. The van der Waals surface area contributed by atoms with Crippen LogP contribution < -0.4 is 10.1 Å². The number of ether oxygens (including phenoxy) is 1. The van der Waals surface area contributed by atoms with Gasteiger partial charge in [0.15, 0.2) is 0 Å². The van der Waals surface area contributed by atoms with Crippen molar-refractivity contribution in [2.75, 3.05) is 19.7 Å². The molecule has 2 aromatic carbocycles. The van der Waals surface area contributed by atoms with Crippen LogP contribution >= 0.6 is 0 Å². The molecule has 4 heteroatoms. The van der Waals surface area contributed by atoms with Gasteiger partial charge in [-0.05, 0) is 53.8 Å². The number of fused-ring (bicyclic) bond motifs is 1. The molecule has 3 heterocycles. The Morgan fingerprint density at radius 3 is 2.76 bits per heavy atom. The largest absolute Gasteiger partial charge is 0.490 e. The normalized spacial score (nSPS) is 18.7. The van der Waals surface area contributed by atoms with Gasteiger partial charge in [-0.2, -0.15) is 0 Å². The molecule has 148 valence electrons. The summed E-state index contributed by atoms with van der Waals surface area (Å²) < 4.78 is 5.92. The third kappa shape index (κ3) is 4.34. The second-order valence-electron chi connectivity index (χ2n) is 8.09. The minimum absolute atomic E-state index is 0.483. The molecule has 1 atom stereocenters. The van der Waals surface area contributed by atoms with Crippen molar-refractivity contribution in [1.82, 2.24) is 15.2 Å². The second-order valence-corrected chi connectivity index (χ2v) is 8.09. The van der Waals surface area contributed by atoms with E-state index in [4.69, 9.17) is 4.74 Å². The molecule has 0 spiro atoms. The highest BCUT2D eigenvalue weighted by Crippen LogP contribution is 2.26. The van der Waals surface area contributed by atoms with E-state index < -0.39 is 0 Å². The summed E-state index contributed by atoms with van der Waals surface area (Å²) in [5.74, 6) is 0.842. The molecule has 0 saturated carbocycles. The number of nitrogens with one attached hydrogen (secondary N) is 1. The number of aromatic nitrogens is 1. The average Bonchev–Trinajstić information content (AvgIpc) is 2.73. The molecule has 0 bridgehead atoms. The van der Waals surface area contributed by atoms with Crippen LogP contribution in [0.3, 0.4) is 0 Å². The molecule has 5 rings (SSSR count). The Morgan fingerprint density at radius 2 is 1.90 bits per heavy atom. The molecule has 1 N–H and O–H groups in total. The molecular formula is C25H27N3O. The van der Waals surface area contributed by atoms with Gasteiger partial charge in [0, 0.05) is 37.4 Å². The molecule has 4 nitrogen and oxygen atoms in total. The summed E-state index contributed by atoms with van der Waals surface area (Å²) in [5, 5.41) is 3.36. The third-order valence-corrected chi connectivity index (χ3v) is 5.97. The quantitative estimate of drug-likeness (QED) is 0.695. The first-order valence-electron chi connectivity index (χ1n) is 10.5. The van der Waals surface area contributed by atoms with Gasteiger partial charge in [-0.1, -0.05) is 42.5 Å². The number of rotatable bonds is 6. The SMILES string of the molecule is c1cc(CN2CCc3ccccc3C2)cc(-c2cncc(OC[C@@H]3CCN3)c2)c1. The topological polar surface area (TPSA) is 37.4 Å². The summed E-state index contributed by atoms with van der Waals surface area (Å²) in [6.45, 7) is 4.92. The molecule has 0 unspecified atom stereocenters. The monoisotopic (exact) mass is 385 g/mol. The van der Waals surface area contributed by atoms with E-state index in [2.05, 4.69) is 69.8 Å². The molecule has 0 radical (unpaired) electrons. The molecule has 3 aromatic rings. The molecular weight excluding hydrogens is 358 g/mol. The maximum atomic E-state index is 5.92.